The smallest absolute Gasteiger partial charge is 0.0634 e. The van der Waals surface area contributed by atoms with Crippen molar-refractivity contribution >= 4 is 0 Å². The molecule has 0 spiro atoms. The van der Waals surface area contributed by atoms with Gasteiger partial charge in [0.25, 0.3) is 0 Å². The molecule has 4 atom stereocenters. The molecule has 0 saturated heterocycles. The molecule has 0 aliphatic heterocycles. The van der Waals surface area contributed by atoms with Crippen LogP contribution in [0.2, 0.25) is 0 Å². The van der Waals surface area contributed by atoms with Gasteiger partial charge in [-0.25, -0.2) is 0 Å². The monoisotopic (exact) mass is 210 g/mol. The molecule has 1 N–H and O–H groups in total. The molecule has 2 nitrogen and oxygen atoms in total. The summed E-state index contributed by atoms with van der Waals surface area (Å²) in [5.41, 5.74) is 0. The van der Waals surface area contributed by atoms with Crippen molar-refractivity contribution in [1.82, 2.24) is 0 Å². The van der Waals surface area contributed by atoms with Gasteiger partial charge >= 0.3 is 0 Å². The van der Waals surface area contributed by atoms with Gasteiger partial charge in [0.15, 0.2) is 0 Å². The minimum Gasteiger partial charge on any atom is -0.393 e. The molecular weight excluding hydrogens is 188 g/mol. The molecule has 3 aliphatic rings. The van der Waals surface area contributed by atoms with Crippen LogP contribution in [0.1, 0.15) is 51.4 Å². The number of aliphatic hydroxyl groups excluding tert-OH is 1. The molecule has 0 aromatic carbocycles. The van der Waals surface area contributed by atoms with Gasteiger partial charge in [-0.1, -0.05) is 19.3 Å². The summed E-state index contributed by atoms with van der Waals surface area (Å²) in [6.45, 7) is 0. The SMILES string of the molecule is OC1CC2CC(OC3CCCCC3)C1C2. The van der Waals surface area contributed by atoms with Crippen LogP contribution >= 0.6 is 0 Å². The molecule has 0 aromatic rings. The van der Waals surface area contributed by atoms with Crippen LogP contribution in [0, 0.1) is 11.8 Å². The topological polar surface area (TPSA) is 29.5 Å². The second kappa shape index (κ2) is 4.06. The fraction of sp³-hybridized carbons (Fsp3) is 1.00. The van der Waals surface area contributed by atoms with Crippen molar-refractivity contribution in [2.75, 3.05) is 0 Å². The third kappa shape index (κ3) is 1.94. The Morgan fingerprint density at radius 2 is 1.73 bits per heavy atom. The summed E-state index contributed by atoms with van der Waals surface area (Å²) in [6.07, 6.45) is 10.9. The van der Waals surface area contributed by atoms with Gasteiger partial charge in [-0.15, -0.1) is 0 Å². The first kappa shape index (κ1) is 10.1. The summed E-state index contributed by atoms with van der Waals surface area (Å²) in [6, 6.07) is 0. The average Bonchev–Trinajstić information content (AvgIpc) is 2.77. The van der Waals surface area contributed by atoms with E-state index in [1.807, 2.05) is 0 Å². The van der Waals surface area contributed by atoms with E-state index in [1.54, 1.807) is 0 Å². The number of ether oxygens (including phenoxy) is 1. The van der Waals surface area contributed by atoms with E-state index in [0.717, 1.165) is 12.3 Å². The molecule has 3 aliphatic carbocycles. The van der Waals surface area contributed by atoms with Crippen LogP contribution in [-0.2, 0) is 4.74 Å². The minimum atomic E-state index is -0.0580. The molecule has 0 amide bonds. The molecule has 0 heterocycles. The van der Waals surface area contributed by atoms with E-state index in [9.17, 15) is 5.11 Å². The predicted octanol–water partition coefficient (Wildman–Crippen LogP) is 2.50. The minimum absolute atomic E-state index is 0.0580. The van der Waals surface area contributed by atoms with Crippen LogP contribution in [0.5, 0.6) is 0 Å². The van der Waals surface area contributed by atoms with Crippen molar-refractivity contribution < 1.29 is 9.84 Å². The fourth-order valence-corrected chi connectivity index (χ4v) is 3.85. The van der Waals surface area contributed by atoms with Gasteiger partial charge in [0.1, 0.15) is 0 Å². The van der Waals surface area contributed by atoms with Crippen LogP contribution in [0.15, 0.2) is 0 Å². The maximum absolute atomic E-state index is 9.84. The molecule has 0 radical (unpaired) electrons. The van der Waals surface area contributed by atoms with Crippen molar-refractivity contribution in [2.24, 2.45) is 11.8 Å². The highest BCUT2D eigenvalue weighted by molar-refractivity contribution is 4.96. The van der Waals surface area contributed by atoms with Crippen LogP contribution in [0.25, 0.3) is 0 Å². The maximum Gasteiger partial charge on any atom is 0.0634 e. The second-order valence-electron chi connectivity index (χ2n) is 5.74. The van der Waals surface area contributed by atoms with Crippen molar-refractivity contribution in [3.63, 3.8) is 0 Å². The van der Waals surface area contributed by atoms with E-state index in [-0.39, 0.29) is 6.10 Å². The van der Waals surface area contributed by atoms with E-state index < -0.39 is 0 Å². The summed E-state index contributed by atoms with van der Waals surface area (Å²) < 4.78 is 6.20. The molecule has 2 heteroatoms. The van der Waals surface area contributed by atoms with Gasteiger partial charge in [-0.05, 0) is 38.0 Å². The molecule has 0 aromatic heterocycles. The Balaban J connectivity index is 1.55. The van der Waals surface area contributed by atoms with E-state index in [2.05, 4.69) is 0 Å². The van der Waals surface area contributed by atoms with Gasteiger partial charge < -0.3 is 9.84 Å². The highest BCUT2D eigenvalue weighted by atomic mass is 16.5. The van der Waals surface area contributed by atoms with Gasteiger partial charge in [0.2, 0.25) is 0 Å². The van der Waals surface area contributed by atoms with Crippen molar-refractivity contribution in [3.8, 4) is 0 Å². The zero-order valence-corrected chi connectivity index (χ0v) is 9.40. The standard InChI is InChI=1S/C13H22O2/c14-12-7-9-6-11(12)13(8-9)15-10-4-2-1-3-5-10/h9-14H,1-8H2. The Bertz CT molecular complexity index is 223. The number of hydrogen-bond donors (Lipinski definition) is 1. The third-order valence-electron chi connectivity index (χ3n) is 4.64. The number of fused-ring (bicyclic) bond motifs is 2. The molecule has 4 unspecified atom stereocenters. The lowest BCUT2D eigenvalue weighted by molar-refractivity contribution is -0.0802. The largest absolute Gasteiger partial charge is 0.393 e. The molecule has 3 saturated carbocycles. The lowest BCUT2D eigenvalue weighted by Gasteiger charge is -2.32. The Kier molecular flexibility index (Phi) is 2.73. The Morgan fingerprint density at radius 1 is 0.933 bits per heavy atom. The van der Waals surface area contributed by atoms with E-state index in [0.29, 0.717) is 18.1 Å². The summed E-state index contributed by atoms with van der Waals surface area (Å²) >= 11 is 0. The normalized spacial score (nSPS) is 46.2. The molecular formula is C13H22O2. The van der Waals surface area contributed by atoms with E-state index >= 15 is 0 Å². The van der Waals surface area contributed by atoms with E-state index in [1.165, 1.54) is 44.9 Å². The second-order valence-corrected chi connectivity index (χ2v) is 5.74. The predicted molar refractivity (Wildman–Crippen MR) is 58.6 cm³/mol. The summed E-state index contributed by atoms with van der Waals surface area (Å²) in [5.74, 6) is 1.23. The quantitative estimate of drug-likeness (QED) is 0.758. The zero-order valence-electron chi connectivity index (χ0n) is 9.40. The Labute approximate surface area is 92.0 Å². The molecule has 3 fully saturated rings. The zero-order chi connectivity index (χ0) is 10.3. The van der Waals surface area contributed by atoms with Crippen molar-refractivity contribution in [2.45, 2.75) is 69.7 Å². The fourth-order valence-electron chi connectivity index (χ4n) is 3.85. The van der Waals surface area contributed by atoms with Crippen LogP contribution < -0.4 is 0 Å². The maximum atomic E-state index is 9.84. The van der Waals surface area contributed by atoms with Gasteiger partial charge in [-0.2, -0.15) is 0 Å². The summed E-state index contributed by atoms with van der Waals surface area (Å²) in [4.78, 5) is 0. The summed E-state index contributed by atoms with van der Waals surface area (Å²) in [5, 5.41) is 9.84. The van der Waals surface area contributed by atoms with Crippen LogP contribution in [-0.4, -0.2) is 23.4 Å². The number of aliphatic hydroxyl groups is 1. The molecule has 15 heavy (non-hydrogen) atoms. The van der Waals surface area contributed by atoms with E-state index in [4.69, 9.17) is 4.74 Å². The average molecular weight is 210 g/mol. The third-order valence-corrected chi connectivity index (χ3v) is 4.64. The number of hydrogen-bond acceptors (Lipinski definition) is 2. The first-order chi connectivity index (χ1) is 7.33. The summed E-state index contributed by atoms with van der Waals surface area (Å²) in [7, 11) is 0. The van der Waals surface area contributed by atoms with Crippen LogP contribution in [0.4, 0.5) is 0 Å². The lowest BCUT2D eigenvalue weighted by atomic mass is 9.93. The van der Waals surface area contributed by atoms with Gasteiger partial charge in [-0.3, -0.25) is 0 Å². The first-order valence-electron chi connectivity index (χ1n) is 6.66. The van der Waals surface area contributed by atoms with Gasteiger partial charge in [0.05, 0.1) is 18.3 Å². The van der Waals surface area contributed by atoms with Gasteiger partial charge in [0, 0.05) is 5.92 Å². The Hall–Kier alpha value is -0.0800. The highest BCUT2D eigenvalue weighted by Gasteiger charge is 2.46. The highest BCUT2D eigenvalue weighted by Crippen LogP contribution is 2.46. The van der Waals surface area contributed by atoms with Crippen molar-refractivity contribution in [1.29, 1.82) is 0 Å². The number of rotatable bonds is 2. The Morgan fingerprint density at radius 3 is 2.40 bits per heavy atom. The molecule has 3 rings (SSSR count). The molecule has 86 valence electrons. The first-order valence-corrected chi connectivity index (χ1v) is 6.66. The van der Waals surface area contributed by atoms with Crippen molar-refractivity contribution in [3.05, 3.63) is 0 Å². The molecule has 2 bridgehead atoms. The van der Waals surface area contributed by atoms with Crippen LogP contribution in [0.3, 0.4) is 0 Å². The lowest BCUT2D eigenvalue weighted by Crippen LogP contribution is -2.34.